The van der Waals surface area contributed by atoms with Crippen LogP contribution in [-0.4, -0.2) is 89.2 Å². The van der Waals surface area contributed by atoms with Gasteiger partial charge in [0.2, 0.25) is 23.5 Å². The predicted octanol–water partition coefficient (Wildman–Crippen LogP) is 3.04. The average Bonchev–Trinajstić information content (AvgIpc) is 3.84. The highest BCUT2D eigenvalue weighted by molar-refractivity contribution is 6.38. The molecular weight excluding hydrogens is 614 g/mol. The van der Waals surface area contributed by atoms with Gasteiger partial charge in [0.25, 0.3) is 5.91 Å². The monoisotopic (exact) mass is 667 g/mol. The quantitative estimate of drug-likeness (QED) is 0.290. The largest absolute Gasteiger partial charge is 0.444 e. The molecule has 0 spiro atoms. The summed E-state index contributed by atoms with van der Waals surface area (Å²) in [7, 11) is 1.62. The number of alkyl carbamates (subject to hydrolysis) is 1. The standard InChI is InChI=1S/C36H53N5O7/c1-34(2,3)29(39-33(47)48-35(4,5)6)32(46)41-20-23-26(36(23,7)8)27(41)30(44)38-24(17-21-15-16-21)28(43)31(45)37-18-25(42)40(9)19-22-13-11-10-12-14-22/h10-14,21,23-24,26-27,29H,15-20H2,1-9H3,(H,37,45)(H,38,44)(H,39,47)/t23-,24?,26-,27-,29+/m0/s1. The van der Waals surface area contributed by atoms with E-state index in [1.807, 2.05) is 51.1 Å². The van der Waals surface area contributed by atoms with E-state index < -0.39 is 58.7 Å². The minimum atomic E-state index is -1.10. The van der Waals surface area contributed by atoms with Crippen LogP contribution in [0.2, 0.25) is 0 Å². The minimum absolute atomic E-state index is 0.0686. The summed E-state index contributed by atoms with van der Waals surface area (Å²) in [5, 5.41) is 8.00. The topological polar surface area (TPSA) is 154 Å². The first-order chi connectivity index (χ1) is 22.2. The number of hydrogen-bond acceptors (Lipinski definition) is 7. The average molecular weight is 668 g/mol. The van der Waals surface area contributed by atoms with Gasteiger partial charge < -0.3 is 30.5 Å². The number of carbonyl (C=O) groups excluding carboxylic acids is 6. The number of hydrogen-bond donors (Lipinski definition) is 3. The molecule has 5 amide bonds. The van der Waals surface area contributed by atoms with E-state index >= 15 is 0 Å². The predicted molar refractivity (Wildman–Crippen MR) is 179 cm³/mol. The maximum atomic E-state index is 14.1. The lowest BCUT2D eigenvalue weighted by Gasteiger charge is -2.38. The third kappa shape index (κ3) is 8.93. The van der Waals surface area contributed by atoms with Crippen LogP contribution in [0.1, 0.15) is 80.2 Å². The van der Waals surface area contributed by atoms with Crippen LogP contribution in [0.25, 0.3) is 0 Å². The van der Waals surface area contributed by atoms with Gasteiger partial charge in [-0.25, -0.2) is 4.79 Å². The molecule has 3 N–H and O–H groups in total. The molecule has 1 aromatic carbocycles. The van der Waals surface area contributed by atoms with Gasteiger partial charge in [-0.05, 0) is 61.3 Å². The highest BCUT2D eigenvalue weighted by Crippen LogP contribution is 2.65. The fourth-order valence-electron chi connectivity index (χ4n) is 6.71. The summed E-state index contributed by atoms with van der Waals surface area (Å²) in [6, 6.07) is 6.45. The number of likely N-dealkylation sites (tertiary alicyclic amines) is 1. The maximum Gasteiger partial charge on any atom is 0.408 e. The number of Topliss-reactive ketones (excluding diaryl/α,β-unsaturated/α-hetero) is 1. The lowest BCUT2D eigenvalue weighted by molar-refractivity contribution is -0.145. The van der Waals surface area contributed by atoms with Crippen molar-refractivity contribution in [2.75, 3.05) is 20.1 Å². The van der Waals surface area contributed by atoms with E-state index in [2.05, 4.69) is 29.8 Å². The molecule has 1 unspecified atom stereocenters. The molecule has 1 heterocycles. The fraction of sp³-hybridized carbons (Fsp3) is 0.667. The molecule has 0 aromatic heterocycles. The zero-order chi connectivity index (χ0) is 35.8. The molecule has 48 heavy (non-hydrogen) atoms. The molecule has 1 aromatic rings. The molecule has 5 atom stereocenters. The van der Waals surface area contributed by atoms with Gasteiger partial charge >= 0.3 is 6.09 Å². The molecule has 1 saturated heterocycles. The molecule has 12 nitrogen and oxygen atoms in total. The summed E-state index contributed by atoms with van der Waals surface area (Å²) < 4.78 is 5.43. The maximum absolute atomic E-state index is 14.1. The number of carbonyl (C=O) groups is 6. The van der Waals surface area contributed by atoms with Crippen LogP contribution < -0.4 is 16.0 Å². The van der Waals surface area contributed by atoms with Crippen molar-refractivity contribution in [1.29, 1.82) is 0 Å². The highest BCUT2D eigenvalue weighted by Gasteiger charge is 2.70. The van der Waals surface area contributed by atoms with E-state index in [0.717, 1.165) is 18.4 Å². The van der Waals surface area contributed by atoms with Crippen molar-refractivity contribution in [2.45, 2.75) is 105 Å². The van der Waals surface area contributed by atoms with E-state index in [4.69, 9.17) is 4.74 Å². The summed E-state index contributed by atoms with van der Waals surface area (Å²) in [6.45, 7) is 15.1. The SMILES string of the molecule is CN(Cc1ccccc1)C(=O)CNC(=O)C(=O)C(CC1CC1)NC(=O)[C@@H]1[C@@H]2[C@H](CN1C(=O)[C@@H](NC(=O)OC(C)(C)C)C(C)(C)C)C2(C)C. The Bertz CT molecular complexity index is 1410. The first-order valence-corrected chi connectivity index (χ1v) is 16.9. The Kier molecular flexibility index (Phi) is 10.7. The van der Waals surface area contributed by atoms with Crippen molar-refractivity contribution in [3.8, 4) is 0 Å². The molecule has 2 aliphatic carbocycles. The van der Waals surface area contributed by atoms with Gasteiger partial charge in [0.05, 0.1) is 12.6 Å². The number of likely N-dealkylation sites (N-methyl/N-ethyl adjacent to an activating group) is 1. The number of nitrogens with zero attached hydrogens (tertiary/aromatic N) is 2. The van der Waals surface area contributed by atoms with Crippen molar-refractivity contribution >= 4 is 35.5 Å². The third-order valence-electron chi connectivity index (χ3n) is 9.75. The van der Waals surface area contributed by atoms with E-state index in [9.17, 15) is 28.8 Å². The summed E-state index contributed by atoms with van der Waals surface area (Å²) in [4.78, 5) is 83.1. The van der Waals surface area contributed by atoms with Gasteiger partial charge in [-0.3, -0.25) is 24.0 Å². The zero-order valence-electron chi connectivity index (χ0n) is 29.8. The second kappa shape index (κ2) is 13.9. The van der Waals surface area contributed by atoms with Crippen molar-refractivity contribution in [3.63, 3.8) is 0 Å². The first kappa shape index (κ1) is 36.9. The number of nitrogens with one attached hydrogen (secondary N) is 3. The number of benzene rings is 1. The Morgan fingerprint density at radius 2 is 1.60 bits per heavy atom. The van der Waals surface area contributed by atoms with E-state index in [1.165, 1.54) is 9.80 Å². The molecule has 264 valence electrons. The van der Waals surface area contributed by atoms with Crippen LogP contribution in [0.4, 0.5) is 4.79 Å². The summed E-state index contributed by atoms with van der Waals surface area (Å²) in [6.07, 6.45) is 1.34. The molecule has 4 rings (SSSR count). The molecule has 0 bridgehead atoms. The van der Waals surface area contributed by atoms with Crippen LogP contribution in [0.5, 0.6) is 0 Å². The van der Waals surface area contributed by atoms with Crippen LogP contribution in [0.15, 0.2) is 30.3 Å². The van der Waals surface area contributed by atoms with E-state index in [-0.39, 0.29) is 35.6 Å². The molecule has 12 heteroatoms. The lowest BCUT2D eigenvalue weighted by atomic mass is 9.85. The minimum Gasteiger partial charge on any atom is -0.444 e. The van der Waals surface area contributed by atoms with Gasteiger partial charge in [-0.1, -0.05) is 77.8 Å². The molecular formula is C36H53N5O7. The number of rotatable bonds is 12. The number of ketones is 1. The van der Waals surface area contributed by atoms with Gasteiger partial charge in [-0.2, -0.15) is 0 Å². The second-order valence-corrected chi connectivity index (χ2v) is 16.4. The van der Waals surface area contributed by atoms with E-state index in [1.54, 1.807) is 27.8 Å². The number of piperidine rings is 1. The van der Waals surface area contributed by atoms with Crippen molar-refractivity contribution < 1.29 is 33.5 Å². The smallest absolute Gasteiger partial charge is 0.408 e. The molecule has 3 fully saturated rings. The Morgan fingerprint density at radius 1 is 0.979 bits per heavy atom. The Labute approximate surface area is 284 Å². The van der Waals surface area contributed by atoms with E-state index in [0.29, 0.717) is 19.5 Å². The molecule has 2 saturated carbocycles. The highest BCUT2D eigenvalue weighted by atomic mass is 16.6. The fourth-order valence-corrected chi connectivity index (χ4v) is 6.71. The van der Waals surface area contributed by atoms with Crippen LogP contribution in [0, 0.1) is 28.6 Å². The van der Waals surface area contributed by atoms with Gasteiger partial charge in [0, 0.05) is 20.1 Å². The summed E-state index contributed by atoms with van der Waals surface area (Å²) >= 11 is 0. The van der Waals surface area contributed by atoms with Crippen molar-refractivity contribution in [1.82, 2.24) is 25.8 Å². The summed E-state index contributed by atoms with van der Waals surface area (Å²) in [5.41, 5.74) is -0.739. The lowest BCUT2D eigenvalue weighted by Crippen LogP contribution is -2.61. The Hall–Kier alpha value is -3.96. The van der Waals surface area contributed by atoms with Gasteiger partial charge in [-0.15, -0.1) is 0 Å². The van der Waals surface area contributed by atoms with Crippen LogP contribution >= 0.6 is 0 Å². The Morgan fingerprint density at radius 3 is 2.17 bits per heavy atom. The molecule has 3 aliphatic rings. The van der Waals surface area contributed by atoms with Crippen molar-refractivity contribution in [2.24, 2.45) is 28.6 Å². The number of fused-ring (bicyclic) bond motifs is 1. The van der Waals surface area contributed by atoms with Gasteiger partial charge in [0.1, 0.15) is 17.7 Å². The Balaban J connectivity index is 1.45. The summed E-state index contributed by atoms with van der Waals surface area (Å²) in [5.74, 6) is -2.92. The zero-order valence-corrected chi connectivity index (χ0v) is 29.8. The van der Waals surface area contributed by atoms with Crippen LogP contribution in [0.3, 0.4) is 0 Å². The van der Waals surface area contributed by atoms with Gasteiger partial charge in [0.15, 0.2) is 0 Å². The van der Waals surface area contributed by atoms with Crippen molar-refractivity contribution in [3.05, 3.63) is 35.9 Å². The van der Waals surface area contributed by atoms with Crippen LogP contribution in [-0.2, 0) is 35.3 Å². The molecule has 0 radical (unpaired) electrons. The third-order valence-corrected chi connectivity index (χ3v) is 9.75. The number of amides is 5. The normalized spacial score (nSPS) is 22.4. The molecule has 1 aliphatic heterocycles. The number of ether oxygens (including phenoxy) is 1. The first-order valence-electron chi connectivity index (χ1n) is 16.9. The second-order valence-electron chi connectivity index (χ2n) is 16.4.